The van der Waals surface area contributed by atoms with E-state index in [1.807, 2.05) is 48.5 Å². The molecule has 1 aliphatic heterocycles. The Labute approximate surface area is 147 Å². The average molecular weight is 342 g/mol. The molecule has 0 saturated heterocycles. The number of carbonyl (C=O) groups is 1. The largest absolute Gasteiger partial charge is 0.492 e. The van der Waals surface area contributed by atoms with Gasteiger partial charge in [0, 0.05) is 13.6 Å². The standard InChI is InChI=1S/C19H22N2O4/c1-21(14-15-7-8-17-18(13-15)25-12-11-24-17)19(22)20-9-10-23-16-5-3-2-4-6-16/h2-8,13H,9-12,14H2,1H3,(H,20,22). The van der Waals surface area contributed by atoms with Crippen molar-refractivity contribution in [2.75, 3.05) is 33.4 Å². The van der Waals surface area contributed by atoms with Crippen LogP contribution in [0, 0.1) is 0 Å². The fourth-order valence-electron chi connectivity index (χ4n) is 2.51. The number of carbonyl (C=O) groups excluding carboxylic acids is 1. The molecule has 0 saturated carbocycles. The van der Waals surface area contributed by atoms with Crippen molar-refractivity contribution < 1.29 is 19.0 Å². The molecular formula is C19H22N2O4. The van der Waals surface area contributed by atoms with Crippen LogP contribution < -0.4 is 19.5 Å². The van der Waals surface area contributed by atoms with E-state index in [2.05, 4.69) is 5.32 Å². The topological polar surface area (TPSA) is 60.0 Å². The second-order valence-corrected chi connectivity index (χ2v) is 5.73. The van der Waals surface area contributed by atoms with E-state index in [-0.39, 0.29) is 6.03 Å². The Kier molecular flexibility index (Phi) is 5.61. The van der Waals surface area contributed by atoms with E-state index < -0.39 is 0 Å². The molecule has 0 aliphatic carbocycles. The maximum absolute atomic E-state index is 12.2. The number of hydrogen-bond donors (Lipinski definition) is 1. The number of amides is 2. The van der Waals surface area contributed by atoms with Crippen molar-refractivity contribution in [1.82, 2.24) is 10.2 Å². The van der Waals surface area contributed by atoms with Gasteiger partial charge >= 0.3 is 6.03 Å². The summed E-state index contributed by atoms with van der Waals surface area (Å²) >= 11 is 0. The van der Waals surface area contributed by atoms with E-state index in [0.717, 1.165) is 22.8 Å². The lowest BCUT2D eigenvalue weighted by Gasteiger charge is -2.21. The SMILES string of the molecule is CN(Cc1ccc2c(c1)OCCO2)C(=O)NCCOc1ccccc1. The zero-order valence-electron chi connectivity index (χ0n) is 14.2. The summed E-state index contributed by atoms with van der Waals surface area (Å²) in [5, 5.41) is 2.84. The summed E-state index contributed by atoms with van der Waals surface area (Å²) in [5.41, 5.74) is 0.988. The molecule has 2 aromatic rings. The van der Waals surface area contributed by atoms with Gasteiger partial charge in [-0.2, -0.15) is 0 Å². The van der Waals surface area contributed by atoms with E-state index in [9.17, 15) is 4.79 Å². The molecule has 6 nitrogen and oxygen atoms in total. The minimum Gasteiger partial charge on any atom is -0.492 e. The summed E-state index contributed by atoms with van der Waals surface area (Å²) in [6.45, 7) is 2.47. The lowest BCUT2D eigenvalue weighted by Crippen LogP contribution is -2.38. The van der Waals surface area contributed by atoms with Crippen LogP contribution in [0.4, 0.5) is 4.79 Å². The van der Waals surface area contributed by atoms with E-state index in [4.69, 9.17) is 14.2 Å². The van der Waals surface area contributed by atoms with Crippen molar-refractivity contribution in [2.45, 2.75) is 6.54 Å². The van der Waals surface area contributed by atoms with Gasteiger partial charge in [-0.15, -0.1) is 0 Å². The van der Waals surface area contributed by atoms with Gasteiger partial charge in [0.05, 0.1) is 6.54 Å². The molecule has 0 aromatic heterocycles. The van der Waals surface area contributed by atoms with Crippen LogP contribution in [-0.2, 0) is 6.54 Å². The van der Waals surface area contributed by atoms with Crippen LogP contribution in [-0.4, -0.2) is 44.3 Å². The first kappa shape index (κ1) is 17.0. The molecule has 1 heterocycles. The van der Waals surface area contributed by atoms with Crippen molar-refractivity contribution in [1.29, 1.82) is 0 Å². The molecule has 0 radical (unpaired) electrons. The fraction of sp³-hybridized carbons (Fsp3) is 0.316. The molecule has 2 amide bonds. The highest BCUT2D eigenvalue weighted by atomic mass is 16.6. The zero-order valence-corrected chi connectivity index (χ0v) is 14.2. The van der Waals surface area contributed by atoms with Crippen LogP contribution in [0.25, 0.3) is 0 Å². The summed E-state index contributed by atoms with van der Waals surface area (Å²) in [7, 11) is 1.75. The van der Waals surface area contributed by atoms with Crippen LogP contribution >= 0.6 is 0 Å². The first-order valence-electron chi connectivity index (χ1n) is 8.28. The lowest BCUT2D eigenvalue weighted by atomic mass is 10.2. The number of nitrogens with zero attached hydrogens (tertiary/aromatic N) is 1. The summed E-state index contributed by atoms with van der Waals surface area (Å²) in [6.07, 6.45) is 0. The van der Waals surface area contributed by atoms with Gasteiger partial charge < -0.3 is 24.4 Å². The Morgan fingerprint density at radius 1 is 1.12 bits per heavy atom. The maximum Gasteiger partial charge on any atom is 0.317 e. The van der Waals surface area contributed by atoms with Crippen molar-refractivity contribution in [3.63, 3.8) is 0 Å². The van der Waals surface area contributed by atoms with Gasteiger partial charge in [0.2, 0.25) is 0 Å². The summed E-state index contributed by atoms with van der Waals surface area (Å²) < 4.78 is 16.6. The van der Waals surface area contributed by atoms with Gasteiger partial charge in [0.15, 0.2) is 11.5 Å². The Balaban J connectivity index is 1.43. The van der Waals surface area contributed by atoms with Crippen molar-refractivity contribution in [3.8, 4) is 17.2 Å². The third kappa shape index (κ3) is 4.79. The first-order valence-corrected chi connectivity index (χ1v) is 8.28. The van der Waals surface area contributed by atoms with E-state index >= 15 is 0 Å². The van der Waals surface area contributed by atoms with Crippen LogP contribution in [0.3, 0.4) is 0 Å². The fourth-order valence-corrected chi connectivity index (χ4v) is 2.51. The number of fused-ring (bicyclic) bond motifs is 1. The highest BCUT2D eigenvalue weighted by Crippen LogP contribution is 2.30. The molecule has 3 rings (SSSR count). The number of nitrogens with one attached hydrogen (secondary N) is 1. The third-order valence-electron chi connectivity index (χ3n) is 3.76. The molecule has 132 valence electrons. The molecule has 0 atom stereocenters. The van der Waals surface area contributed by atoms with E-state index in [1.54, 1.807) is 11.9 Å². The van der Waals surface area contributed by atoms with Crippen molar-refractivity contribution >= 4 is 6.03 Å². The number of para-hydroxylation sites is 1. The Morgan fingerprint density at radius 3 is 2.68 bits per heavy atom. The highest BCUT2D eigenvalue weighted by Gasteiger charge is 2.14. The van der Waals surface area contributed by atoms with Gasteiger partial charge in [-0.05, 0) is 29.8 Å². The van der Waals surface area contributed by atoms with Crippen LogP contribution in [0.5, 0.6) is 17.2 Å². The van der Waals surface area contributed by atoms with Gasteiger partial charge in [0.25, 0.3) is 0 Å². The molecule has 25 heavy (non-hydrogen) atoms. The second-order valence-electron chi connectivity index (χ2n) is 5.73. The van der Waals surface area contributed by atoms with Crippen molar-refractivity contribution in [2.24, 2.45) is 0 Å². The van der Waals surface area contributed by atoms with Gasteiger partial charge in [-0.3, -0.25) is 0 Å². The molecule has 2 aromatic carbocycles. The van der Waals surface area contributed by atoms with Crippen LogP contribution in [0.15, 0.2) is 48.5 Å². The van der Waals surface area contributed by atoms with Gasteiger partial charge in [0.1, 0.15) is 25.6 Å². The predicted octanol–water partition coefficient (Wildman–Crippen LogP) is 2.68. The maximum atomic E-state index is 12.2. The van der Waals surface area contributed by atoms with Crippen LogP contribution in [0.2, 0.25) is 0 Å². The molecule has 0 unspecified atom stereocenters. The number of ether oxygens (including phenoxy) is 3. The second kappa shape index (κ2) is 8.28. The molecule has 1 aliphatic rings. The number of rotatable bonds is 6. The third-order valence-corrected chi connectivity index (χ3v) is 3.76. The normalized spacial score (nSPS) is 12.4. The molecule has 0 spiro atoms. The van der Waals surface area contributed by atoms with E-state index in [1.165, 1.54) is 0 Å². The number of urea groups is 1. The Bertz CT molecular complexity index is 706. The van der Waals surface area contributed by atoms with Gasteiger partial charge in [-0.25, -0.2) is 4.79 Å². The quantitative estimate of drug-likeness (QED) is 0.820. The smallest absolute Gasteiger partial charge is 0.317 e. The number of hydrogen-bond acceptors (Lipinski definition) is 4. The van der Waals surface area contributed by atoms with Crippen LogP contribution in [0.1, 0.15) is 5.56 Å². The molecule has 1 N–H and O–H groups in total. The molecular weight excluding hydrogens is 320 g/mol. The van der Waals surface area contributed by atoms with E-state index in [0.29, 0.717) is 32.9 Å². The monoisotopic (exact) mass is 342 g/mol. The molecule has 0 bridgehead atoms. The molecule has 0 fully saturated rings. The first-order chi connectivity index (χ1) is 12.2. The zero-order chi connectivity index (χ0) is 17.5. The minimum atomic E-state index is -0.147. The summed E-state index contributed by atoms with van der Waals surface area (Å²) in [4.78, 5) is 13.8. The summed E-state index contributed by atoms with van der Waals surface area (Å²) in [5.74, 6) is 2.27. The van der Waals surface area contributed by atoms with Crippen molar-refractivity contribution in [3.05, 3.63) is 54.1 Å². The number of benzene rings is 2. The lowest BCUT2D eigenvalue weighted by molar-refractivity contribution is 0.171. The Morgan fingerprint density at radius 2 is 1.88 bits per heavy atom. The molecule has 6 heteroatoms. The predicted molar refractivity (Wildman–Crippen MR) is 94.2 cm³/mol. The van der Waals surface area contributed by atoms with Gasteiger partial charge in [-0.1, -0.05) is 24.3 Å². The summed E-state index contributed by atoms with van der Waals surface area (Å²) in [6, 6.07) is 15.1. The Hall–Kier alpha value is -2.89. The minimum absolute atomic E-state index is 0.147. The highest BCUT2D eigenvalue weighted by molar-refractivity contribution is 5.73. The average Bonchev–Trinajstić information content (AvgIpc) is 2.65.